The summed E-state index contributed by atoms with van der Waals surface area (Å²) in [5.41, 5.74) is 4.42. The predicted molar refractivity (Wildman–Crippen MR) is 74.5 cm³/mol. The van der Waals surface area contributed by atoms with Gasteiger partial charge in [-0.1, -0.05) is 31.5 Å². The first kappa shape index (κ1) is 12.6. The van der Waals surface area contributed by atoms with Gasteiger partial charge in [0, 0.05) is 0 Å². The minimum absolute atomic E-state index is 0.786. The lowest BCUT2D eigenvalue weighted by molar-refractivity contribution is 0.450. The third-order valence-corrected chi connectivity index (χ3v) is 4.27. The van der Waals surface area contributed by atoms with E-state index in [1.54, 1.807) is 5.56 Å². The Labute approximate surface area is 106 Å². The summed E-state index contributed by atoms with van der Waals surface area (Å²) in [6.45, 7) is 8.90. The van der Waals surface area contributed by atoms with E-state index >= 15 is 0 Å². The molecule has 2 atom stereocenters. The summed E-state index contributed by atoms with van der Waals surface area (Å²) >= 11 is 0. The van der Waals surface area contributed by atoms with E-state index in [-0.39, 0.29) is 0 Å². The zero-order valence-corrected chi connectivity index (χ0v) is 11.4. The topological polar surface area (TPSA) is 12.0 Å². The van der Waals surface area contributed by atoms with Crippen LogP contribution in [0.4, 0.5) is 0 Å². The van der Waals surface area contributed by atoms with E-state index < -0.39 is 0 Å². The maximum atomic E-state index is 3.52. The quantitative estimate of drug-likeness (QED) is 0.831. The van der Waals surface area contributed by atoms with E-state index in [0.29, 0.717) is 0 Å². The molecule has 1 nitrogen and oxygen atoms in total. The van der Waals surface area contributed by atoms with Gasteiger partial charge in [0.15, 0.2) is 0 Å². The molecule has 0 aromatic heterocycles. The molecule has 94 valence electrons. The molecule has 0 bridgehead atoms. The second-order valence-corrected chi connectivity index (χ2v) is 5.45. The van der Waals surface area contributed by atoms with Gasteiger partial charge < -0.3 is 5.32 Å². The average Bonchev–Trinajstić information content (AvgIpc) is 2.78. The van der Waals surface area contributed by atoms with Crippen LogP contribution in [-0.2, 0) is 0 Å². The van der Waals surface area contributed by atoms with Crippen LogP contribution in [0.5, 0.6) is 0 Å². The van der Waals surface area contributed by atoms with Crippen molar-refractivity contribution in [2.45, 2.75) is 46.0 Å². The third kappa shape index (κ3) is 2.90. The van der Waals surface area contributed by atoms with E-state index in [1.165, 1.54) is 36.9 Å². The lowest BCUT2D eigenvalue weighted by atomic mass is 9.87. The van der Waals surface area contributed by atoms with E-state index in [4.69, 9.17) is 0 Å². The van der Waals surface area contributed by atoms with Crippen molar-refractivity contribution < 1.29 is 0 Å². The number of hydrogen-bond donors (Lipinski definition) is 1. The molecule has 0 heterocycles. The lowest BCUT2D eigenvalue weighted by Crippen LogP contribution is -2.24. The maximum absolute atomic E-state index is 3.52. The molecule has 1 aliphatic rings. The molecule has 0 amide bonds. The van der Waals surface area contributed by atoms with Crippen molar-refractivity contribution in [2.24, 2.45) is 5.92 Å². The van der Waals surface area contributed by atoms with Gasteiger partial charge in [-0.15, -0.1) is 0 Å². The fourth-order valence-electron chi connectivity index (χ4n) is 3.04. The van der Waals surface area contributed by atoms with Crippen molar-refractivity contribution in [3.63, 3.8) is 0 Å². The second-order valence-electron chi connectivity index (χ2n) is 5.45. The first-order valence-electron chi connectivity index (χ1n) is 7.00. The molecule has 1 saturated carbocycles. The molecule has 2 rings (SSSR count). The molecule has 1 N–H and O–H groups in total. The van der Waals surface area contributed by atoms with Crippen LogP contribution in [0.1, 0.15) is 48.8 Å². The summed E-state index contributed by atoms with van der Waals surface area (Å²) in [7, 11) is 0. The van der Waals surface area contributed by atoms with E-state index in [0.717, 1.165) is 18.4 Å². The normalized spacial score (nSPS) is 24.2. The van der Waals surface area contributed by atoms with Gasteiger partial charge in [-0.2, -0.15) is 0 Å². The number of hydrogen-bond acceptors (Lipinski definition) is 1. The summed E-state index contributed by atoms with van der Waals surface area (Å²) in [6, 6.07) is 7.04. The Bertz CT molecular complexity index is 370. The van der Waals surface area contributed by atoms with Crippen molar-refractivity contribution in [1.82, 2.24) is 5.32 Å². The van der Waals surface area contributed by atoms with Crippen molar-refractivity contribution in [2.75, 3.05) is 13.1 Å². The molecule has 0 radical (unpaired) electrons. The van der Waals surface area contributed by atoms with Crippen LogP contribution in [0.15, 0.2) is 18.2 Å². The predicted octanol–water partition coefficient (Wildman–Crippen LogP) is 3.80. The molecule has 1 aliphatic carbocycles. The van der Waals surface area contributed by atoms with Gasteiger partial charge >= 0.3 is 0 Å². The van der Waals surface area contributed by atoms with Crippen LogP contribution in [0, 0.1) is 19.8 Å². The molecule has 1 aromatic rings. The van der Waals surface area contributed by atoms with Crippen molar-refractivity contribution in [3.05, 3.63) is 34.9 Å². The van der Waals surface area contributed by atoms with Gasteiger partial charge in [-0.3, -0.25) is 0 Å². The van der Waals surface area contributed by atoms with Gasteiger partial charge in [0.25, 0.3) is 0 Å². The molecule has 0 aliphatic heterocycles. The smallest absolute Gasteiger partial charge is 0.00148 e. The van der Waals surface area contributed by atoms with E-state index in [9.17, 15) is 0 Å². The van der Waals surface area contributed by atoms with Crippen molar-refractivity contribution in [3.8, 4) is 0 Å². The van der Waals surface area contributed by atoms with Gasteiger partial charge in [-0.25, -0.2) is 0 Å². The third-order valence-electron chi connectivity index (χ3n) is 4.27. The highest BCUT2D eigenvalue weighted by Crippen LogP contribution is 2.39. The summed E-state index contributed by atoms with van der Waals surface area (Å²) < 4.78 is 0. The molecule has 1 heteroatoms. The van der Waals surface area contributed by atoms with Crippen LogP contribution < -0.4 is 5.32 Å². The molecule has 1 fully saturated rings. The van der Waals surface area contributed by atoms with Crippen LogP contribution in [0.3, 0.4) is 0 Å². The van der Waals surface area contributed by atoms with Gasteiger partial charge in [0.2, 0.25) is 0 Å². The Morgan fingerprint density at radius 2 is 2.00 bits per heavy atom. The summed E-state index contributed by atoms with van der Waals surface area (Å²) in [5, 5.41) is 3.52. The molecular weight excluding hydrogens is 206 g/mol. The Balaban J connectivity index is 2.11. The molecule has 2 unspecified atom stereocenters. The number of aryl methyl sites for hydroxylation is 2. The summed E-state index contributed by atoms with van der Waals surface area (Å²) in [5.74, 6) is 1.63. The first-order chi connectivity index (χ1) is 8.22. The molecule has 17 heavy (non-hydrogen) atoms. The highest BCUT2D eigenvalue weighted by Gasteiger charge is 2.28. The number of rotatable bonds is 4. The minimum Gasteiger partial charge on any atom is -0.317 e. The highest BCUT2D eigenvalue weighted by atomic mass is 14.8. The SMILES string of the molecule is CCNCC1CCCC1c1ccc(C)c(C)c1. The van der Waals surface area contributed by atoms with E-state index in [1.807, 2.05) is 0 Å². The van der Waals surface area contributed by atoms with Crippen molar-refractivity contribution in [1.29, 1.82) is 0 Å². The zero-order valence-electron chi connectivity index (χ0n) is 11.4. The molecular formula is C16H25N. The summed E-state index contributed by atoms with van der Waals surface area (Å²) in [6.07, 6.45) is 4.16. The van der Waals surface area contributed by atoms with Gasteiger partial charge in [0.05, 0.1) is 0 Å². The fourth-order valence-corrected chi connectivity index (χ4v) is 3.04. The highest BCUT2D eigenvalue weighted by molar-refractivity contribution is 5.32. The number of benzene rings is 1. The van der Waals surface area contributed by atoms with Crippen LogP contribution in [0.2, 0.25) is 0 Å². The number of nitrogens with one attached hydrogen (secondary N) is 1. The van der Waals surface area contributed by atoms with E-state index in [2.05, 4.69) is 44.3 Å². The standard InChI is InChI=1S/C16H25N/c1-4-17-11-15-6-5-7-16(15)14-9-8-12(2)13(3)10-14/h8-10,15-17H,4-7,11H2,1-3H3. The Morgan fingerprint density at radius 3 is 2.71 bits per heavy atom. The first-order valence-corrected chi connectivity index (χ1v) is 7.00. The Kier molecular flexibility index (Phi) is 4.22. The van der Waals surface area contributed by atoms with Crippen LogP contribution in [0.25, 0.3) is 0 Å². The van der Waals surface area contributed by atoms with Crippen LogP contribution >= 0.6 is 0 Å². The zero-order chi connectivity index (χ0) is 12.3. The fraction of sp³-hybridized carbons (Fsp3) is 0.625. The van der Waals surface area contributed by atoms with Crippen LogP contribution in [-0.4, -0.2) is 13.1 Å². The monoisotopic (exact) mass is 231 g/mol. The minimum atomic E-state index is 0.786. The molecule has 0 saturated heterocycles. The van der Waals surface area contributed by atoms with Gasteiger partial charge in [0.1, 0.15) is 0 Å². The average molecular weight is 231 g/mol. The molecule has 0 spiro atoms. The van der Waals surface area contributed by atoms with Gasteiger partial charge in [-0.05, 0) is 68.3 Å². The second kappa shape index (κ2) is 5.68. The largest absolute Gasteiger partial charge is 0.317 e. The lowest BCUT2D eigenvalue weighted by Gasteiger charge is -2.21. The summed E-state index contributed by atoms with van der Waals surface area (Å²) in [4.78, 5) is 0. The molecule has 1 aromatic carbocycles. The maximum Gasteiger partial charge on any atom is -0.00148 e. The Morgan fingerprint density at radius 1 is 1.18 bits per heavy atom. The Hall–Kier alpha value is -0.820. The van der Waals surface area contributed by atoms with Crippen molar-refractivity contribution >= 4 is 0 Å².